The molecule has 14 heavy (non-hydrogen) atoms. The molecule has 0 bridgehead atoms. The van der Waals surface area contributed by atoms with E-state index in [9.17, 15) is 8.42 Å². The van der Waals surface area contributed by atoms with Crippen LogP contribution in [0.1, 0.15) is 19.8 Å². The van der Waals surface area contributed by atoms with E-state index in [2.05, 4.69) is 4.72 Å². The smallest absolute Gasteiger partial charge is 0.279 e. The van der Waals surface area contributed by atoms with Gasteiger partial charge in [-0.1, -0.05) is 6.92 Å². The topological polar surface area (TPSA) is 75.4 Å². The molecule has 5 nitrogen and oxygen atoms in total. The van der Waals surface area contributed by atoms with Gasteiger partial charge in [0.25, 0.3) is 10.2 Å². The van der Waals surface area contributed by atoms with Gasteiger partial charge in [-0.15, -0.1) is 0 Å². The number of nitrogens with two attached hydrogens (primary N) is 1. The van der Waals surface area contributed by atoms with Crippen molar-refractivity contribution in [1.29, 1.82) is 0 Å². The number of hydrogen-bond donors (Lipinski definition) is 2. The van der Waals surface area contributed by atoms with Gasteiger partial charge in [0.05, 0.1) is 0 Å². The molecule has 1 rings (SSSR count). The van der Waals surface area contributed by atoms with E-state index in [1.165, 1.54) is 4.31 Å². The van der Waals surface area contributed by atoms with Crippen molar-refractivity contribution in [2.75, 3.05) is 26.2 Å². The lowest BCUT2D eigenvalue weighted by Crippen LogP contribution is -2.47. The summed E-state index contributed by atoms with van der Waals surface area (Å²) in [5, 5.41) is 0. The first kappa shape index (κ1) is 11.9. The predicted molar refractivity (Wildman–Crippen MR) is 55.9 cm³/mol. The maximum atomic E-state index is 11.6. The lowest BCUT2D eigenvalue weighted by Gasteiger charge is -2.31. The summed E-state index contributed by atoms with van der Waals surface area (Å²) in [5.41, 5.74) is 5.54. The molecule has 0 aliphatic carbocycles. The van der Waals surface area contributed by atoms with Crippen molar-refractivity contribution in [1.82, 2.24) is 9.03 Å². The first-order valence-corrected chi connectivity index (χ1v) is 6.49. The Bertz CT molecular complexity index is 266. The van der Waals surface area contributed by atoms with Crippen LogP contribution < -0.4 is 10.5 Å². The van der Waals surface area contributed by atoms with Crippen LogP contribution in [0, 0.1) is 5.92 Å². The molecule has 0 amide bonds. The minimum atomic E-state index is -3.25. The van der Waals surface area contributed by atoms with Crippen LogP contribution in [-0.4, -0.2) is 38.9 Å². The van der Waals surface area contributed by atoms with Crippen molar-refractivity contribution in [2.45, 2.75) is 19.8 Å². The Morgan fingerprint density at radius 1 is 1.57 bits per heavy atom. The Morgan fingerprint density at radius 2 is 2.29 bits per heavy atom. The fourth-order valence-electron chi connectivity index (χ4n) is 1.71. The number of rotatable bonds is 4. The van der Waals surface area contributed by atoms with E-state index < -0.39 is 10.2 Å². The monoisotopic (exact) mass is 221 g/mol. The summed E-state index contributed by atoms with van der Waals surface area (Å²) in [6.07, 6.45) is 1.95. The van der Waals surface area contributed by atoms with Gasteiger partial charge in [-0.3, -0.25) is 0 Å². The quantitative estimate of drug-likeness (QED) is 0.673. The number of nitrogens with one attached hydrogen (secondary N) is 1. The van der Waals surface area contributed by atoms with Gasteiger partial charge in [0, 0.05) is 19.6 Å². The van der Waals surface area contributed by atoms with Gasteiger partial charge in [-0.05, 0) is 25.3 Å². The third kappa shape index (κ3) is 2.91. The van der Waals surface area contributed by atoms with Gasteiger partial charge in [0.1, 0.15) is 0 Å². The minimum absolute atomic E-state index is 0.317. The van der Waals surface area contributed by atoms with E-state index in [-0.39, 0.29) is 0 Å². The molecule has 0 aromatic rings. The molecule has 6 heteroatoms. The summed E-state index contributed by atoms with van der Waals surface area (Å²) in [7, 11) is -3.25. The normalized spacial score (nSPS) is 25.1. The first-order chi connectivity index (χ1) is 6.60. The Balaban J connectivity index is 2.59. The molecular formula is C8H19N3O2S. The molecule has 0 saturated carbocycles. The predicted octanol–water partition coefficient (Wildman–Crippen LogP) is -0.489. The second-order valence-corrected chi connectivity index (χ2v) is 5.36. The van der Waals surface area contributed by atoms with Crippen LogP contribution in [0.15, 0.2) is 0 Å². The van der Waals surface area contributed by atoms with Crippen LogP contribution in [0.3, 0.4) is 0 Å². The summed E-state index contributed by atoms with van der Waals surface area (Å²) in [4.78, 5) is 0. The third-order valence-electron chi connectivity index (χ3n) is 2.48. The van der Waals surface area contributed by atoms with E-state index in [1.807, 2.05) is 0 Å². The Labute approximate surface area is 85.8 Å². The molecule has 0 aromatic carbocycles. The third-order valence-corrected chi connectivity index (χ3v) is 4.15. The second-order valence-electron chi connectivity index (χ2n) is 3.60. The molecule has 1 fully saturated rings. The molecule has 0 radical (unpaired) electrons. The zero-order valence-electron chi connectivity index (χ0n) is 8.57. The van der Waals surface area contributed by atoms with Crippen molar-refractivity contribution in [3.05, 3.63) is 0 Å². The van der Waals surface area contributed by atoms with Crippen LogP contribution >= 0.6 is 0 Å². The van der Waals surface area contributed by atoms with E-state index in [0.29, 0.717) is 32.1 Å². The molecule has 1 saturated heterocycles. The zero-order chi connectivity index (χ0) is 10.6. The van der Waals surface area contributed by atoms with Crippen molar-refractivity contribution in [3.8, 4) is 0 Å². The highest BCUT2D eigenvalue weighted by Crippen LogP contribution is 2.17. The average molecular weight is 221 g/mol. The molecule has 1 atom stereocenters. The highest BCUT2D eigenvalue weighted by molar-refractivity contribution is 7.87. The van der Waals surface area contributed by atoms with Crippen molar-refractivity contribution in [3.63, 3.8) is 0 Å². The maximum Gasteiger partial charge on any atom is 0.279 e. The minimum Gasteiger partial charge on any atom is -0.330 e. The van der Waals surface area contributed by atoms with Crippen LogP contribution in [0.25, 0.3) is 0 Å². The summed E-state index contributed by atoms with van der Waals surface area (Å²) >= 11 is 0. The van der Waals surface area contributed by atoms with Gasteiger partial charge >= 0.3 is 0 Å². The number of hydrogen-bond acceptors (Lipinski definition) is 3. The van der Waals surface area contributed by atoms with Gasteiger partial charge in [-0.2, -0.15) is 12.7 Å². The highest BCUT2D eigenvalue weighted by Gasteiger charge is 2.27. The molecule has 0 aromatic heterocycles. The van der Waals surface area contributed by atoms with Crippen LogP contribution in [0.2, 0.25) is 0 Å². The fraction of sp³-hybridized carbons (Fsp3) is 1.00. The van der Waals surface area contributed by atoms with Gasteiger partial charge in [0.15, 0.2) is 0 Å². The van der Waals surface area contributed by atoms with Gasteiger partial charge in [0.2, 0.25) is 0 Å². The Morgan fingerprint density at radius 3 is 2.86 bits per heavy atom. The van der Waals surface area contributed by atoms with E-state index in [0.717, 1.165) is 12.8 Å². The van der Waals surface area contributed by atoms with Gasteiger partial charge < -0.3 is 5.73 Å². The molecule has 0 spiro atoms. The largest absolute Gasteiger partial charge is 0.330 e. The molecule has 1 unspecified atom stereocenters. The average Bonchev–Trinajstić information content (AvgIpc) is 2.18. The second kappa shape index (κ2) is 5.06. The van der Waals surface area contributed by atoms with Crippen LogP contribution in [0.4, 0.5) is 0 Å². The summed E-state index contributed by atoms with van der Waals surface area (Å²) in [5.74, 6) is 0.317. The van der Waals surface area contributed by atoms with E-state index >= 15 is 0 Å². The lowest BCUT2D eigenvalue weighted by atomic mass is 10.0. The first-order valence-electron chi connectivity index (χ1n) is 5.05. The highest BCUT2D eigenvalue weighted by atomic mass is 32.2. The lowest BCUT2D eigenvalue weighted by molar-refractivity contribution is 0.269. The molecule has 1 aliphatic rings. The van der Waals surface area contributed by atoms with Crippen molar-refractivity contribution >= 4 is 10.2 Å². The number of nitrogens with zero attached hydrogens (tertiary/aromatic N) is 1. The molecule has 84 valence electrons. The van der Waals surface area contributed by atoms with Crippen LogP contribution in [0.5, 0.6) is 0 Å². The summed E-state index contributed by atoms with van der Waals surface area (Å²) in [6.45, 7) is 3.96. The maximum absolute atomic E-state index is 11.6. The molecule has 1 aliphatic heterocycles. The molecule has 1 heterocycles. The zero-order valence-corrected chi connectivity index (χ0v) is 9.39. The van der Waals surface area contributed by atoms with E-state index in [1.54, 1.807) is 6.92 Å². The Kier molecular flexibility index (Phi) is 4.31. The number of piperidine rings is 1. The standard InChI is InChI=1S/C8H19N3O2S/c1-2-10-14(12,13)11-5-3-4-8(6-9)7-11/h8,10H,2-7,9H2,1H3. The molecular weight excluding hydrogens is 202 g/mol. The van der Waals surface area contributed by atoms with Gasteiger partial charge in [-0.25, -0.2) is 4.72 Å². The fourth-order valence-corrected chi connectivity index (χ4v) is 3.04. The summed E-state index contributed by atoms with van der Waals surface area (Å²) < 4.78 is 27.2. The summed E-state index contributed by atoms with van der Waals surface area (Å²) in [6, 6.07) is 0. The van der Waals surface area contributed by atoms with Crippen molar-refractivity contribution < 1.29 is 8.42 Å². The van der Waals surface area contributed by atoms with Crippen LogP contribution in [-0.2, 0) is 10.2 Å². The molecule has 3 N–H and O–H groups in total. The Hall–Kier alpha value is -0.170. The van der Waals surface area contributed by atoms with Crippen molar-refractivity contribution in [2.24, 2.45) is 11.7 Å². The SMILES string of the molecule is CCNS(=O)(=O)N1CCCC(CN)C1. The van der Waals surface area contributed by atoms with E-state index in [4.69, 9.17) is 5.73 Å².